The van der Waals surface area contributed by atoms with Gasteiger partial charge >= 0.3 is 0 Å². The predicted molar refractivity (Wildman–Crippen MR) is 135 cm³/mol. The van der Waals surface area contributed by atoms with Gasteiger partial charge in [0.2, 0.25) is 5.89 Å². The van der Waals surface area contributed by atoms with Crippen molar-refractivity contribution in [1.29, 1.82) is 0 Å². The van der Waals surface area contributed by atoms with E-state index in [0.29, 0.717) is 66.3 Å². The maximum absolute atomic E-state index is 13.2. The van der Waals surface area contributed by atoms with E-state index >= 15 is 0 Å². The second-order valence-electron chi connectivity index (χ2n) is 8.48. The van der Waals surface area contributed by atoms with Crippen LogP contribution in [-0.4, -0.2) is 59.9 Å². The maximum Gasteiger partial charge on any atom is 0.252 e. The molecule has 0 aliphatic carbocycles. The first-order valence-corrected chi connectivity index (χ1v) is 12.0. The van der Waals surface area contributed by atoms with Gasteiger partial charge in [-0.3, -0.25) is 14.7 Å². The lowest BCUT2D eigenvalue weighted by atomic mass is 9.95. The van der Waals surface area contributed by atoms with Gasteiger partial charge in [-0.05, 0) is 24.3 Å². The number of carbonyl (C=O) groups excluding carboxylic acids is 1. The molecular weight excluding hydrogens is 482 g/mol. The summed E-state index contributed by atoms with van der Waals surface area (Å²) in [5, 5.41) is 12.8. The fraction of sp³-hybridized carbons (Fsp3) is 0.308. The number of carbonyl (C=O) groups is 1. The number of hydrogen-bond acceptors (Lipinski definition) is 8. The third kappa shape index (κ3) is 4.90. The highest BCUT2D eigenvalue weighted by atomic mass is 35.5. The number of ether oxygens (including phenoxy) is 2. The monoisotopic (exact) mass is 507 g/mol. The zero-order valence-electron chi connectivity index (χ0n) is 20.1. The van der Waals surface area contributed by atoms with Crippen molar-refractivity contribution in [1.82, 2.24) is 25.4 Å². The zero-order valence-corrected chi connectivity index (χ0v) is 20.8. The summed E-state index contributed by atoms with van der Waals surface area (Å²) in [5.41, 5.74) is 3.98. The zero-order chi connectivity index (χ0) is 25.1. The van der Waals surface area contributed by atoms with Gasteiger partial charge < -0.3 is 19.2 Å². The Bertz CT molecular complexity index is 1410. The van der Waals surface area contributed by atoms with E-state index in [0.717, 1.165) is 28.7 Å². The van der Waals surface area contributed by atoms with Crippen LogP contribution >= 0.6 is 11.6 Å². The van der Waals surface area contributed by atoms with Crippen LogP contribution in [0.4, 0.5) is 0 Å². The Morgan fingerprint density at radius 2 is 2.06 bits per heavy atom. The van der Waals surface area contributed by atoms with E-state index in [9.17, 15) is 4.79 Å². The van der Waals surface area contributed by atoms with Crippen LogP contribution in [0.25, 0.3) is 22.4 Å². The lowest BCUT2D eigenvalue weighted by Gasteiger charge is -2.29. The molecule has 0 saturated carbocycles. The van der Waals surface area contributed by atoms with Crippen molar-refractivity contribution >= 4 is 28.4 Å². The molecule has 1 aliphatic heterocycles. The van der Waals surface area contributed by atoms with Gasteiger partial charge in [0.15, 0.2) is 0 Å². The summed E-state index contributed by atoms with van der Waals surface area (Å²) >= 11 is 6.16. The first kappa shape index (κ1) is 24.2. The van der Waals surface area contributed by atoms with Crippen LogP contribution in [0.15, 0.2) is 46.9 Å². The van der Waals surface area contributed by atoms with Crippen molar-refractivity contribution in [3.63, 3.8) is 0 Å². The Morgan fingerprint density at radius 1 is 1.19 bits per heavy atom. The highest BCUT2D eigenvalue weighted by Gasteiger charge is 2.27. The summed E-state index contributed by atoms with van der Waals surface area (Å²) in [6.45, 7) is 2.61. The van der Waals surface area contributed by atoms with Crippen LogP contribution in [0.5, 0.6) is 5.75 Å². The topological polar surface area (TPSA) is 103 Å². The van der Waals surface area contributed by atoms with Gasteiger partial charge in [0, 0.05) is 54.8 Å². The largest absolute Gasteiger partial charge is 0.496 e. The number of nitrogens with zero attached hydrogens (tertiary/aromatic N) is 4. The van der Waals surface area contributed by atoms with E-state index in [2.05, 4.69) is 20.4 Å². The molecule has 5 rings (SSSR count). The van der Waals surface area contributed by atoms with Crippen LogP contribution in [0.1, 0.15) is 27.5 Å². The molecule has 36 heavy (non-hydrogen) atoms. The quantitative estimate of drug-likeness (QED) is 0.358. The number of amides is 1. The molecule has 9 nitrogen and oxygen atoms in total. The average molecular weight is 508 g/mol. The second-order valence-corrected chi connectivity index (χ2v) is 8.92. The number of halogens is 1. The minimum atomic E-state index is -0.128. The van der Waals surface area contributed by atoms with Crippen LogP contribution in [-0.2, 0) is 24.2 Å². The van der Waals surface area contributed by atoms with Crippen molar-refractivity contribution in [3.05, 3.63) is 70.2 Å². The molecule has 1 amide bonds. The van der Waals surface area contributed by atoms with E-state index in [1.54, 1.807) is 32.4 Å². The van der Waals surface area contributed by atoms with Gasteiger partial charge in [0.1, 0.15) is 5.75 Å². The second kappa shape index (κ2) is 10.6. The molecule has 2 aromatic heterocycles. The molecule has 0 radical (unpaired) electrons. The molecule has 1 aliphatic rings. The van der Waals surface area contributed by atoms with Gasteiger partial charge in [0.05, 0.1) is 36.9 Å². The summed E-state index contributed by atoms with van der Waals surface area (Å²) in [4.78, 5) is 20.3. The fourth-order valence-corrected chi connectivity index (χ4v) is 4.63. The van der Waals surface area contributed by atoms with E-state index in [4.69, 9.17) is 30.5 Å². The van der Waals surface area contributed by atoms with Crippen LogP contribution < -0.4 is 10.1 Å². The van der Waals surface area contributed by atoms with Crippen molar-refractivity contribution in [3.8, 4) is 17.2 Å². The number of methoxy groups -OCH3 is 2. The van der Waals surface area contributed by atoms with E-state index in [1.807, 2.05) is 24.3 Å². The van der Waals surface area contributed by atoms with Crippen molar-refractivity contribution in [2.75, 3.05) is 33.9 Å². The van der Waals surface area contributed by atoms with Crippen molar-refractivity contribution in [2.24, 2.45) is 0 Å². The Labute approximate surface area is 213 Å². The van der Waals surface area contributed by atoms with Crippen molar-refractivity contribution < 1.29 is 18.7 Å². The molecule has 0 bridgehead atoms. The number of hydrogen-bond donors (Lipinski definition) is 1. The summed E-state index contributed by atoms with van der Waals surface area (Å²) in [6, 6.07) is 13.0. The third-order valence-electron chi connectivity index (χ3n) is 6.16. The molecule has 1 N–H and O–H groups in total. The number of benzene rings is 2. The minimum absolute atomic E-state index is 0.128. The minimum Gasteiger partial charge on any atom is -0.496 e. The Hall–Kier alpha value is -3.53. The Morgan fingerprint density at radius 3 is 2.89 bits per heavy atom. The van der Waals surface area contributed by atoms with E-state index < -0.39 is 0 Å². The first-order valence-electron chi connectivity index (χ1n) is 11.6. The number of pyridine rings is 1. The third-order valence-corrected chi connectivity index (χ3v) is 6.40. The van der Waals surface area contributed by atoms with Crippen LogP contribution in [0.2, 0.25) is 5.02 Å². The van der Waals surface area contributed by atoms with Gasteiger partial charge in [-0.1, -0.05) is 29.8 Å². The number of rotatable bonds is 8. The van der Waals surface area contributed by atoms with Gasteiger partial charge in [-0.25, -0.2) is 0 Å². The summed E-state index contributed by atoms with van der Waals surface area (Å²) in [6.07, 6.45) is 0.710. The molecule has 0 atom stereocenters. The highest BCUT2D eigenvalue weighted by molar-refractivity contribution is 6.30. The van der Waals surface area contributed by atoms with Gasteiger partial charge in [-0.15, -0.1) is 10.2 Å². The Balaban J connectivity index is 1.41. The van der Waals surface area contributed by atoms with Gasteiger partial charge in [0.25, 0.3) is 11.8 Å². The smallest absolute Gasteiger partial charge is 0.252 e. The van der Waals surface area contributed by atoms with E-state index in [-0.39, 0.29) is 5.91 Å². The lowest BCUT2D eigenvalue weighted by molar-refractivity contribution is 0.0935. The maximum atomic E-state index is 13.2. The molecule has 186 valence electrons. The Kier molecular flexibility index (Phi) is 7.13. The standard InChI is InChI=1S/C26H26ClN5O4/c1-34-12-10-28-25(33)24-17-5-3-4-6-20(17)29-21-9-11-32(14-19(21)24)15-23-30-31-26(36-23)18-13-16(27)7-8-22(18)35-2/h3-8,13H,9-12,14-15H2,1-2H3,(H,28,33). The normalized spacial score (nSPS) is 13.5. The molecule has 4 aromatic rings. The number of aromatic nitrogens is 3. The number of nitrogens with one attached hydrogen (secondary N) is 1. The predicted octanol–water partition coefficient (Wildman–Crippen LogP) is 3.88. The average Bonchev–Trinajstić information content (AvgIpc) is 3.35. The summed E-state index contributed by atoms with van der Waals surface area (Å²) in [5.74, 6) is 1.28. The molecule has 10 heteroatoms. The molecular formula is C26H26ClN5O4. The molecule has 0 spiro atoms. The SMILES string of the molecule is COCCNC(=O)c1c2c(nc3ccccc13)CCN(Cc1nnc(-c3cc(Cl)ccc3OC)o1)C2. The molecule has 0 saturated heterocycles. The van der Waals surface area contributed by atoms with E-state index in [1.165, 1.54) is 0 Å². The molecule has 0 unspecified atom stereocenters. The van der Waals surface area contributed by atoms with Gasteiger partial charge in [-0.2, -0.15) is 0 Å². The fourth-order valence-electron chi connectivity index (χ4n) is 4.46. The lowest BCUT2D eigenvalue weighted by Crippen LogP contribution is -2.34. The number of para-hydroxylation sites is 1. The molecule has 2 aromatic carbocycles. The molecule has 3 heterocycles. The summed E-state index contributed by atoms with van der Waals surface area (Å²) in [7, 11) is 3.19. The van der Waals surface area contributed by atoms with Crippen molar-refractivity contribution in [2.45, 2.75) is 19.5 Å². The number of fused-ring (bicyclic) bond motifs is 2. The summed E-state index contributed by atoms with van der Waals surface area (Å²) < 4.78 is 16.5. The van der Waals surface area contributed by atoms with Crippen LogP contribution in [0.3, 0.4) is 0 Å². The molecule has 0 fully saturated rings. The van der Waals surface area contributed by atoms with Crippen LogP contribution in [0, 0.1) is 0 Å². The highest BCUT2D eigenvalue weighted by Crippen LogP contribution is 2.32. The first-order chi connectivity index (χ1) is 17.6.